The van der Waals surface area contributed by atoms with Gasteiger partial charge in [0.15, 0.2) is 0 Å². The molecule has 2 N–H and O–H groups in total. The van der Waals surface area contributed by atoms with Gasteiger partial charge in [-0.1, -0.05) is 0 Å². The van der Waals surface area contributed by atoms with Gasteiger partial charge in [0.1, 0.15) is 5.69 Å². The third-order valence-electron chi connectivity index (χ3n) is 3.87. The molecule has 7 nitrogen and oxygen atoms in total. The molecule has 21 heavy (non-hydrogen) atoms. The lowest BCUT2D eigenvalue weighted by atomic mass is 9.74. The predicted molar refractivity (Wildman–Crippen MR) is 76.9 cm³/mol. The Hall–Kier alpha value is -2.62. The molecule has 0 spiro atoms. The summed E-state index contributed by atoms with van der Waals surface area (Å²) in [5.41, 5.74) is -1.98. The van der Waals surface area contributed by atoms with Gasteiger partial charge in [-0.15, -0.1) is 0 Å². The van der Waals surface area contributed by atoms with Crippen molar-refractivity contribution in [2.75, 3.05) is 5.32 Å². The quantitative estimate of drug-likeness (QED) is 0.636. The van der Waals surface area contributed by atoms with E-state index in [9.17, 15) is 20.0 Å². The molecule has 1 rings (SSSR count). The summed E-state index contributed by atoms with van der Waals surface area (Å²) in [5.74, 6) is -1.03. The van der Waals surface area contributed by atoms with Gasteiger partial charge in [0.25, 0.3) is 5.69 Å². The van der Waals surface area contributed by atoms with Gasteiger partial charge in [0.05, 0.1) is 22.0 Å². The molecule has 0 aliphatic carbocycles. The van der Waals surface area contributed by atoms with Crippen LogP contribution in [0.2, 0.25) is 0 Å². The van der Waals surface area contributed by atoms with E-state index in [1.54, 1.807) is 13.8 Å². The SMILES string of the molecule is CC(C)(Nc1cc(C#N)ccc1[N+](=O)[O-])C(C)(C)C(=O)O. The lowest BCUT2D eigenvalue weighted by Crippen LogP contribution is -2.50. The van der Waals surface area contributed by atoms with Crippen LogP contribution in [0.25, 0.3) is 0 Å². The van der Waals surface area contributed by atoms with Crippen LogP contribution < -0.4 is 5.32 Å². The molecule has 0 atom stereocenters. The number of rotatable bonds is 5. The molecule has 0 aromatic heterocycles. The minimum Gasteiger partial charge on any atom is -0.481 e. The zero-order valence-corrected chi connectivity index (χ0v) is 12.3. The fraction of sp³-hybridized carbons (Fsp3) is 0.429. The third kappa shape index (κ3) is 3.11. The van der Waals surface area contributed by atoms with Gasteiger partial charge in [-0.2, -0.15) is 5.26 Å². The van der Waals surface area contributed by atoms with Gasteiger partial charge in [-0.05, 0) is 39.8 Å². The molecular weight excluding hydrogens is 274 g/mol. The van der Waals surface area contributed by atoms with Crippen LogP contribution in [0.3, 0.4) is 0 Å². The largest absolute Gasteiger partial charge is 0.481 e. The first kappa shape index (κ1) is 16.4. The van der Waals surface area contributed by atoms with E-state index < -0.39 is 21.8 Å². The molecule has 0 saturated heterocycles. The Morgan fingerprint density at radius 1 is 1.38 bits per heavy atom. The summed E-state index contributed by atoms with van der Waals surface area (Å²) in [5, 5.41) is 32.2. The minimum absolute atomic E-state index is 0.123. The first-order chi connectivity index (χ1) is 9.52. The molecule has 0 saturated carbocycles. The van der Waals surface area contributed by atoms with Crippen molar-refractivity contribution < 1.29 is 14.8 Å². The summed E-state index contributed by atoms with van der Waals surface area (Å²) in [4.78, 5) is 21.9. The number of nitrogens with zero attached hydrogens (tertiary/aromatic N) is 2. The number of benzene rings is 1. The van der Waals surface area contributed by atoms with Crippen LogP contribution in [-0.2, 0) is 4.79 Å². The van der Waals surface area contributed by atoms with Crippen LogP contribution in [0.15, 0.2) is 18.2 Å². The Labute approximate surface area is 122 Å². The van der Waals surface area contributed by atoms with Crippen molar-refractivity contribution in [3.63, 3.8) is 0 Å². The molecule has 0 unspecified atom stereocenters. The van der Waals surface area contributed by atoms with Crippen molar-refractivity contribution in [2.45, 2.75) is 33.2 Å². The monoisotopic (exact) mass is 291 g/mol. The van der Waals surface area contributed by atoms with Crippen molar-refractivity contribution >= 4 is 17.3 Å². The number of carboxylic acids is 1. The Morgan fingerprint density at radius 3 is 2.38 bits per heavy atom. The van der Waals surface area contributed by atoms with Gasteiger partial charge in [0.2, 0.25) is 0 Å². The molecule has 112 valence electrons. The summed E-state index contributed by atoms with van der Waals surface area (Å²) in [6, 6.07) is 5.82. The van der Waals surface area contributed by atoms with Gasteiger partial charge in [-0.3, -0.25) is 14.9 Å². The van der Waals surface area contributed by atoms with Crippen LogP contribution >= 0.6 is 0 Å². The number of nitriles is 1. The molecule has 0 aliphatic rings. The number of nitro groups is 1. The van der Waals surface area contributed by atoms with Crippen LogP contribution in [0.1, 0.15) is 33.3 Å². The van der Waals surface area contributed by atoms with E-state index >= 15 is 0 Å². The molecule has 0 amide bonds. The van der Waals surface area contributed by atoms with Gasteiger partial charge in [0, 0.05) is 11.6 Å². The molecule has 0 radical (unpaired) electrons. The summed E-state index contributed by atoms with van der Waals surface area (Å²) in [7, 11) is 0. The number of hydrogen-bond donors (Lipinski definition) is 2. The Kier molecular flexibility index (Phi) is 4.23. The number of carbonyl (C=O) groups is 1. The molecule has 0 bridgehead atoms. The highest BCUT2D eigenvalue weighted by Gasteiger charge is 2.44. The standard InChI is InChI=1S/C14H17N3O4/c1-13(2,12(18)19)14(3,4)16-10-7-9(8-15)5-6-11(10)17(20)21/h5-7,16H,1-4H3,(H,18,19). The van der Waals surface area contributed by atoms with Crippen molar-refractivity contribution in [3.8, 4) is 6.07 Å². The maximum absolute atomic E-state index is 11.4. The van der Waals surface area contributed by atoms with Crippen molar-refractivity contribution in [3.05, 3.63) is 33.9 Å². The molecule has 0 heterocycles. The average Bonchev–Trinajstić information content (AvgIpc) is 2.37. The zero-order valence-electron chi connectivity index (χ0n) is 12.3. The van der Waals surface area contributed by atoms with E-state index in [4.69, 9.17) is 5.26 Å². The number of nitrogens with one attached hydrogen (secondary N) is 1. The van der Waals surface area contributed by atoms with E-state index in [1.165, 1.54) is 32.0 Å². The second-order valence-electron chi connectivity index (χ2n) is 5.78. The Bertz CT molecular complexity index is 630. The lowest BCUT2D eigenvalue weighted by molar-refractivity contribution is -0.384. The zero-order chi connectivity index (χ0) is 16.4. The fourth-order valence-electron chi connectivity index (χ4n) is 1.63. The molecule has 0 aliphatic heterocycles. The molecule has 1 aromatic rings. The minimum atomic E-state index is -1.18. The second-order valence-corrected chi connectivity index (χ2v) is 5.78. The molecular formula is C14H17N3O4. The van der Waals surface area contributed by atoms with E-state index in [-0.39, 0.29) is 16.9 Å². The Balaban J connectivity index is 3.32. The van der Waals surface area contributed by atoms with E-state index in [1.807, 2.05) is 6.07 Å². The molecule has 1 aromatic carbocycles. The third-order valence-corrected chi connectivity index (χ3v) is 3.87. The number of hydrogen-bond acceptors (Lipinski definition) is 5. The van der Waals surface area contributed by atoms with Crippen LogP contribution in [0, 0.1) is 26.9 Å². The summed E-state index contributed by atoms with van der Waals surface area (Å²) in [6.45, 7) is 6.35. The molecule has 0 fully saturated rings. The number of aliphatic carboxylic acids is 1. The fourth-order valence-corrected chi connectivity index (χ4v) is 1.63. The summed E-state index contributed by atoms with van der Waals surface area (Å²) >= 11 is 0. The summed E-state index contributed by atoms with van der Waals surface area (Å²) < 4.78 is 0. The van der Waals surface area contributed by atoms with E-state index in [0.29, 0.717) is 0 Å². The highest BCUT2D eigenvalue weighted by atomic mass is 16.6. The van der Waals surface area contributed by atoms with Gasteiger partial charge >= 0.3 is 5.97 Å². The Morgan fingerprint density at radius 2 is 1.95 bits per heavy atom. The first-order valence-corrected chi connectivity index (χ1v) is 6.23. The maximum atomic E-state index is 11.4. The van der Waals surface area contributed by atoms with Crippen molar-refractivity contribution in [1.29, 1.82) is 5.26 Å². The van der Waals surface area contributed by atoms with Gasteiger partial charge in [-0.25, -0.2) is 0 Å². The second kappa shape index (κ2) is 5.40. The van der Waals surface area contributed by atoms with Crippen LogP contribution in [-0.4, -0.2) is 21.5 Å². The number of nitro benzene ring substituents is 1. The first-order valence-electron chi connectivity index (χ1n) is 6.23. The normalized spacial score (nSPS) is 11.6. The molecule has 7 heteroatoms. The number of carboxylic acid groups (broad SMARTS) is 1. The smallest absolute Gasteiger partial charge is 0.311 e. The van der Waals surface area contributed by atoms with Crippen molar-refractivity contribution in [1.82, 2.24) is 0 Å². The average molecular weight is 291 g/mol. The maximum Gasteiger partial charge on any atom is 0.311 e. The van der Waals surface area contributed by atoms with Crippen LogP contribution in [0.5, 0.6) is 0 Å². The predicted octanol–water partition coefficient (Wildman–Crippen LogP) is 2.77. The lowest BCUT2D eigenvalue weighted by Gasteiger charge is -2.39. The van der Waals surface area contributed by atoms with Crippen LogP contribution in [0.4, 0.5) is 11.4 Å². The highest BCUT2D eigenvalue weighted by molar-refractivity contribution is 5.77. The topological polar surface area (TPSA) is 116 Å². The highest BCUT2D eigenvalue weighted by Crippen LogP contribution is 2.37. The van der Waals surface area contributed by atoms with Crippen molar-refractivity contribution in [2.24, 2.45) is 5.41 Å². The number of anilines is 1. The van der Waals surface area contributed by atoms with Gasteiger partial charge < -0.3 is 10.4 Å². The summed E-state index contributed by atoms with van der Waals surface area (Å²) in [6.07, 6.45) is 0. The van der Waals surface area contributed by atoms with E-state index in [0.717, 1.165) is 0 Å². The van der Waals surface area contributed by atoms with E-state index in [2.05, 4.69) is 5.32 Å².